The normalized spacial score (nSPS) is 11.3. The molecule has 2 rings (SSSR count). The molecule has 0 saturated heterocycles. The van der Waals surface area contributed by atoms with Crippen molar-refractivity contribution in [3.05, 3.63) is 54.0 Å². The lowest BCUT2D eigenvalue weighted by molar-refractivity contribution is 0.0937. The van der Waals surface area contributed by atoms with E-state index < -0.39 is 10.0 Å². The number of hydrogen-bond acceptors (Lipinski definition) is 5. The molecule has 0 atom stereocenters. The van der Waals surface area contributed by atoms with Crippen LogP contribution in [0.4, 0.5) is 0 Å². The molecule has 7 nitrogen and oxygen atoms in total. The maximum atomic E-state index is 12.1. The summed E-state index contributed by atoms with van der Waals surface area (Å²) in [4.78, 5) is 11.9. The van der Waals surface area contributed by atoms with Gasteiger partial charge in [0, 0.05) is 19.2 Å². The van der Waals surface area contributed by atoms with E-state index in [1.54, 1.807) is 19.2 Å². The summed E-state index contributed by atoms with van der Waals surface area (Å²) in [5, 5.41) is 2.66. The summed E-state index contributed by atoms with van der Waals surface area (Å²) in [7, 11) is -2.12. The first-order valence-electron chi connectivity index (χ1n) is 6.92. The Morgan fingerprint density at radius 3 is 2.57 bits per heavy atom. The van der Waals surface area contributed by atoms with Crippen LogP contribution in [0.1, 0.15) is 16.1 Å². The largest absolute Gasteiger partial charge is 0.468 e. The molecule has 0 bridgehead atoms. The number of rotatable bonds is 8. The van der Waals surface area contributed by atoms with Gasteiger partial charge in [0.15, 0.2) is 0 Å². The van der Waals surface area contributed by atoms with E-state index in [9.17, 15) is 13.2 Å². The predicted molar refractivity (Wildman–Crippen MR) is 83.4 cm³/mol. The van der Waals surface area contributed by atoms with E-state index in [2.05, 4.69) is 10.0 Å². The highest BCUT2D eigenvalue weighted by Gasteiger charge is 2.15. The van der Waals surface area contributed by atoms with Crippen LogP contribution in [0.25, 0.3) is 0 Å². The molecule has 0 spiro atoms. The van der Waals surface area contributed by atoms with Gasteiger partial charge in [-0.2, -0.15) is 0 Å². The molecule has 0 aliphatic heterocycles. The fourth-order valence-corrected chi connectivity index (χ4v) is 2.81. The summed E-state index contributed by atoms with van der Waals surface area (Å²) in [5.41, 5.74) is 0.381. The van der Waals surface area contributed by atoms with Gasteiger partial charge in [-0.05, 0) is 36.4 Å². The lowest BCUT2D eigenvalue weighted by Gasteiger charge is -2.07. The van der Waals surface area contributed by atoms with Crippen LogP contribution >= 0.6 is 0 Å². The summed E-state index contributed by atoms with van der Waals surface area (Å²) in [5.74, 6) is 0.234. The van der Waals surface area contributed by atoms with E-state index >= 15 is 0 Å². The molecule has 124 valence electrons. The number of sulfonamides is 1. The summed E-state index contributed by atoms with van der Waals surface area (Å²) in [6, 6.07) is 9.05. The van der Waals surface area contributed by atoms with E-state index in [0.29, 0.717) is 24.5 Å². The molecule has 0 radical (unpaired) electrons. The van der Waals surface area contributed by atoms with E-state index in [0.717, 1.165) is 0 Å². The molecule has 0 aliphatic carbocycles. The molecule has 0 unspecified atom stereocenters. The Kier molecular flexibility index (Phi) is 5.91. The standard InChI is InChI=1S/C15H18N2O5S/c1-21-10-8-16-15(18)12-4-6-14(7-5-12)23(19,20)17-11-13-3-2-9-22-13/h2-7,9,17H,8,10-11H2,1H3,(H,16,18). The molecule has 2 N–H and O–H groups in total. The Morgan fingerprint density at radius 1 is 1.22 bits per heavy atom. The SMILES string of the molecule is COCCNC(=O)c1ccc(S(=O)(=O)NCc2ccco2)cc1. The van der Waals surface area contributed by atoms with Gasteiger partial charge in [-0.25, -0.2) is 13.1 Å². The second-order valence-corrected chi connectivity index (χ2v) is 6.44. The van der Waals surface area contributed by atoms with Gasteiger partial charge in [0.1, 0.15) is 5.76 Å². The Balaban J connectivity index is 1.98. The number of carbonyl (C=O) groups is 1. The molecule has 1 amide bonds. The Bertz CT molecular complexity index is 724. The van der Waals surface area contributed by atoms with Crippen molar-refractivity contribution in [3.63, 3.8) is 0 Å². The molecule has 23 heavy (non-hydrogen) atoms. The topological polar surface area (TPSA) is 97.6 Å². The van der Waals surface area contributed by atoms with Gasteiger partial charge in [0.2, 0.25) is 10.0 Å². The van der Waals surface area contributed by atoms with Gasteiger partial charge in [-0.1, -0.05) is 0 Å². The number of ether oxygens (including phenoxy) is 1. The quantitative estimate of drug-likeness (QED) is 0.703. The number of carbonyl (C=O) groups excluding carboxylic acids is 1. The second kappa shape index (κ2) is 7.91. The highest BCUT2D eigenvalue weighted by atomic mass is 32.2. The maximum Gasteiger partial charge on any atom is 0.251 e. The number of methoxy groups -OCH3 is 1. The summed E-state index contributed by atoms with van der Waals surface area (Å²) in [6.45, 7) is 0.865. The fourth-order valence-electron chi connectivity index (χ4n) is 1.82. The van der Waals surface area contributed by atoms with Crippen LogP contribution in [0.2, 0.25) is 0 Å². The van der Waals surface area contributed by atoms with Gasteiger partial charge in [0.05, 0.1) is 24.3 Å². The summed E-state index contributed by atoms with van der Waals surface area (Å²) in [6.07, 6.45) is 1.47. The fraction of sp³-hybridized carbons (Fsp3) is 0.267. The third kappa shape index (κ3) is 4.92. The number of nitrogens with one attached hydrogen (secondary N) is 2. The lowest BCUT2D eigenvalue weighted by atomic mass is 10.2. The van der Waals surface area contributed by atoms with Gasteiger partial charge < -0.3 is 14.5 Å². The van der Waals surface area contributed by atoms with Crippen LogP contribution in [0, 0.1) is 0 Å². The third-order valence-corrected chi connectivity index (χ3v) is 4.45. The van der Waals surface area contributed by atoms with Crippen molar-refractivity contribution in [2.45, 2.75) is 11.4 Å². The van der Waals surface area contributed by atoms with Crippen molar-refractivity contribution >= 4 is 15.9 Å². The first kappa shape index (κ1) is 17.2. The van der Waals surface area contributed by atoms with E-state index in [1.165, 1.54) is 30.5 Å². The van der Waals surface area contributed by atoms with Crippen LogP contribution < -0.4 is 10.0 Å². The zero-order chi connectivity index (χ0) is 16.7. The van der Waals surface area contributed by atoms with Crippen molar-refractivity contribution in [2.24, 2.45) is 0 Å². The molecule has 1 heterocycles. The van der Waals surface area contributed by atoms with Crippen molar-refractivity contribution in [3.8, 4) is 0 Å². The molecular formula is C15H18N2O5S. The van der Waals surface area contributed by atoms with Crippen molar-refractivity contribution < 1.29 is 22.4 Å². The van der Waals surface area contributed by atoms with Crippen LogP contribution in [0.3, 0.4) is 0 Å². The van der Waals surface area contributed by atoms with E-state index in [-0.39, 0.29) is 17.3 Å². The molecule has 1 aromatic carbocycles. The number of furan rings is 1. The average Bonchev–Trinajstić information content (AvgIpc) is 3.07. The number of benzene rings is 1. The van der Waals surface area contributed by atoms with Crippen LogP contribution in [-0.2, 0) is 21.3 Å². The molecule has 1 aromatic heterocycles. The van der Waals surface area contributed by atoms with E-state index in [1.807, 2.05) is 0 Å². The third-order valence-electron chi connectivity index (χ3n) is 3.04. The molecule has 2 aromatic rings. The minimum absolute atomic E-state index is 0.0641. The molecule has 8 heteroatoms. The zero-order valence-corrected chi connectivity index (χ0v) is 13.4. The first-order valence-corrected chi connectivity index (χ1v) is 8.40. The monoisotopic (exact) mass is 338 g/mol. The predicted octanol–water partition coefficient (Wildman–Crippen LogP) is 1.13. The summed E-state index contributed by atoms with van der Waals surface area (Å²) < 4.78 is 36.6. The molecule has 0 saturated carbocycles. The molecule has 0 fully saturated rings. The highest BCUT2D eigenvalue weighted by Crippen LogP contribution is 2.11. The first-order chi connectivity index (χ1) is 11.0. The Morgan fingerprint density at radius 2 is 1.96 bits per heavy atom. The van der Waals surface area contributed by atoms with Crippen molar-refractivity contribution in [2.75, 3.05) is 20.3 Å². The minimum atomic E-state index is -3.66. The van der Waals surface area contributed by atoms with Crippen LogP contribution in [-0.4, -0.2) is 34.6 Å². The van der Waals surface area contributed by atoms with Crippen molar-refractivity contribution in [1.82, 2.24) is 10.0 Å². The second-order valence-electron chi connectivity index (χ2n) is 4.68. The van der Waals surface area contributed by atoms with Crippen LogP contribution in [0.15, 0.2) is 52.0 Å². The Labute approximate surface area is 134 Å². The highest BCUT2D eigenvalue weighted by molar-refractivity contribution is 7.89. The molecule has 0 aliphatic rings. The summed E-state index contributed by atoms with van der Waals surface area (Å²) >= 11 is 0. The van der Waals surface area contributed by atoms with Gasteiger partial charge in [0.25, 0.3) is 5.91 Å². The lowest BCUT2D eigenvalue weighted by Crippen LogP contribution is -2.27. The van der Waals surface area contributed by atoms with Gasteiger partial charge in [-0.3, -0.25) is 4.79 Å². The maximum absolute atomic E-state index is 12.1. The number of amides is 1. The number of hydrogen-bond donors (Lipinski definition) is 2. The van der Waals surface area contributed by atoms with Gasteiger partial charge >= 0.3 is 0 Å². The van der Waals surface area contributed by atoms with Crippen molar-refractivity contribution in [1.29, 1.82) is 0 Å². The zero-order valence-electron chi connectivity index (χ0n) is 12.6. The minimum Gasteiger partial charge on any atom is -0.468 e. The van der Waals surface area contributed by atoms with Gasteiger partial charge in [-0.15, -0.1) is 0 Å². The smallest absolute Gasteiger partial charge is 0.251 e. The Hall–Kier alpha value is -2.16. The van der Waals surface area contributed by atoms with Crippen LogP contribution in [0.5, 0.6) is 0 Å². The molecular weight excluding hydrogens is 320 g/mol. The van der Waals surface area contributed by atoms with E-state index in [4.69, 9.17) is 9.15 Å². The average molecular weight is 338 g/mol.